The molecule has 14 heavy (non-hydrogen) atoms. The average molecular weight is 216 g/mol. The van der Waals surface area contributed by atoms with E-state index in [0.29, 0.717) is 6.42 Å². The van der Waals surface area contributed by atoms with Gasteiger partial charge in [-0.3, -0.25) is 9.36 Å². The highest BCUT2D eigenvalue weighted by molar-refractivity contribution is 7.59. The maximum absolute atomic E-state index is 11.7. The van der Waals surface area contributed by atoms with Crippen molar-refractivity contribution in [2.24, 2.45) is 0 Å². The molecule has 5 heteroatoms. The van der Waals surface area contributed by atoms with Gasteiger partial charge in [-0.2, -0.15) is 0 Å². The second-order valence-electron chi connectivity index (χ2n) is 3.24. The highest BCUT2D eigenvalue weighted by Gasteiger charge is 2.28. The molecular weight excluding hydrogens is 203 g/mol. The lowest BCUT2D eigenvalue weighted by molar-refractivity contribution is -0.136. The summed E-state index contributed by atoms with van der Waals surface area (Å²) in [5.74, 6) is -1.03. The molecule has 78 valence electrons. The summed E-state index contributed by atoms with van der Waals surface area (Å²) in [6.07, 6.45) is 7.14. The van der Waals surface area contributed by atoms with Crippen LogP contribution in [0.5, 0.6) is 0 Å². The van der Waals surface area contributed by atoms with Gasteiger partial charge in [0.25, 0.3) is 0 Å². The Bertz CT molecular complexity index is 319. The largest absolute Gasteiger partial charge is 0.481 e. The van der Waals surface area contributed by atoms with Gasteiger partial charge >= 0.3 is 5.97 Å². The molecule has 0 bridgehead atoms. The fraction of sp³-hybridized carbons (Fsp3) is 0.444. The van der Waals surface area contributed by atoms with Crippen LogP contribution in [0.4, 0.5) is 0 Å². The van der Waals surface area contributed by atoms with Gasteiger partial charge in [0.1, 0.15) is 0 Å². The minimum atomic E-state index is -3.34. The van der Waals surface area contributed by atoms with Gasteiger partial charge in [0.15, 0.2) is 0 Å². The third-order valence-electron chi connectivity index (χ3n) is 2.12. The van der Waals surface area contributed by atoms with Crippen LogP contribution in [0.25, 0.3) is 0 Å². The zero-order chi connectivity index (χ0) is 10.6. The van der Waals surface area contributed by atoms with Crippen LogP contribution in [0, 0.1) is 0 Å². The number of allylic oxidation sites excluding steroid dienone is 4. The normalized spacial score (nSPS) is 24.5. The predicted molar refractivity (Wildman–Crippen MR) is 53.6 cm³/mol. The van der Waals surface area contributed by atoms with E-state index in [-0.39, 0.29) is 12.6 Å². The molecule has 1 rings (SSSR count). The van der Waals surface area contributed by atoms with Crippen LogP contribution < -0.4 is 0 Å². The molecule has 1 aliphatic rings. The summed E-state index contributed by atoms with van der Waals surface area (Å²) in [4.78, 5) is 19.9. The Morgan fingerprint density at radius 1 is 1.50 bits per heavy atom. The first-order chi connectivity index (χ1) is 6.52. The molecule has 0 amide bonds. The van der Waals surface area contributed by atoms with Crippen molar-refractivity contribution in [2.45, 2.75) is 18.5 Å². The average Bonchev–Trinajstić information content (AvgIpc) is 2.16. The molecule has 2 unspecified atom stereocenters. The van der Waals surface area contributed by atoms with Gasteiger partial charge in [0.05, 0.1) is 12.1 Å². The number of carboxylic acid groups (broad SMARTS) is 1. The van der Waals surface area contributed by atoms with Crippen LogP contribution in [0.15, 0.2) is 24.3 Å². The van der Waals surface area contributed by atoms with Gasteiger partial charge in [0.2, 0.25) is 7.37 Å². The maximum Gasteiger partial charge on any atom is 0.303 e. The summed E-state index contributed by atoms with van der Waals surface area (Å²) in [5, 5.41) is 8.41. The lowest BCUT2D eigenvalue weighted by Gasteiger charge is -2.19. The SMILES string of the molecule is O=C(O)CCP(=O)(O)C1C=CC=CC1. The number of hydrogen-bond donors (Lipinski definition) is 2. The van der Waals surface area contributed by atoms with Crippen molar-refractivity contribution in [3.63, 3.8) is 0 Å². The minimum Gasteiger partial charge on any atom is -0.481 e. The van der Waals surface area contributed by atoms with E-state index in [1.165, 1.54) is 0 Å². The Kier molecular flexibility index (Phi) is 3.67. The molecule has 0 radical (unpaired) electrons. The highest BCUT2D eigenvalue weighted by atomic mass is 31.2. The van der Waals surface area contributed by atoms with Crippen molar-refractivity contribution in [1.82, 2.24) is 0 Å². The zero-order valence-corrected chi connectivity index (χ0v) is 8.56. The van der Waals surface area contributed by atoms with Crippen molar-refractivity contribution in [2.75, 3.05) is 6.16 Å². The summed E-state index contributed by atoms with van der Waals surface area (Å²) >= 11 is 0. The first-order valence-electron chi connectivity index (χ1n) is 4.39. The summed E-state index contributed by atoms with van der Waals surface area (Å²) in [5.41, 5.74) is -0.410. The number of carbonyl (C=O) groups is 1. The highest BCUT2D eigenvalue weighted by Crippen LogP contribution is 2.49. The first-order valence-corrected chi connectivity index (χ1v) is 6.30. The number of aliphatic carboxylic acids is 1. The van der Waals surface area contributed by atoms with Gasteiger partial charge in [-0.25, -0.2) is 0 Å². The van der Waals surface area contributed by atoms with Crippen LogP contribution in [0.2, 0.25) is 0 Å². The first kappa shape index (κ1) is 11.2. The molecule has 0 saturated carbocycles. The Labute approximate surface area is 82.4 Å². The van der Waals surface area contributed by atoms with Gasteiger partial charge in [0, 0.05) is 6.16 Å². The van der Waals surface area contributed by atoms with Crippen LogP contribution in [0.1, 0.15) is 12.8 Å². The number of hydrogen-bond acceptors (Lipinski definition) is 2. The van der Waals surface area contributed by atoms with Gasteiger partial charge in [-0.15, -0.1) is 0 Å². The molecule has 0 aliphatic heterocycles. The van der Waals surface area contributed by atoms with E-state index in [4.69, 9.17) is 5.11 Å². The smallest absolute Gasteiger partial charge is 0.303 e. The molecule has 4 nitrogen and oxygen atoms in total. The van der Waals surface area contributed by atoms with Gasteiger partial charge in [-0.05, 0) is 6.42 Å². The topological polar surface area (TPSA) is 74.6 Å². The summed E-state index contributed by atoms with van der Waals surface area (Å²) in [6, 6.07) is 0. The lowest BCUT2D eigenvalue weighted by Crippen LogP contribution is -2.11. The zero-order valence-electron chi connectivity index (χ0n) is 7.67. The van der Waals surface area contributed by atoms with E-state index >= 15 is 0 Å². The molecule has 0 fully saturated rings. The second-order valence-corrected chi connectivity index (χ2v) is 5.86. The molecule has 1 aliphatic carbocycles. The van der Waals surface area contributed by atoms with Crippen LogP contribution in [0.3, 0.4) is 0 Å². The van der Waals surface area contributed by atoms with E-state index in [9.17, 15) is 14.3 Å². The Balaban J connectivity index is 2.56. The van der Waals surface area contributed by atoms with Gasteiger partial charge < -0.3 is 10.00 Å². The Morgan fingerprint density at radius 2 is 2.21 bits per heavy atom. The van der Waals surface area contributed by atoms with Crippen LogP contribution >= 0.6 is 7.37 Å². The number of carboxylic acids is 1. The fourth-order valence-corrected chi connectivity index (χ4v) is 2.95. The van der Waals surface area contributed by atoms with Crippen LogP contribution in [-0.4, -0.2) is 27.8 Å². The molecule has 0 aromatic carbocycles. The van der Waals surface area contributed by atoms with Crippen molar-refractivity contribution < 1.29 is 19.4 Å². The summed E-state index contributed by atoms with van der Waals surface area (Å²) < 4.78 is 11.7. The molecule has 0 aromatic rings. The van der Waals surface area contributed by atoms with E-state index in [1.807, 2.05) is 12.2 Å². The van der Waals surface area contributed by atoms with E-state index in [2.05, 4.69) is 0 Å². The van der Waals surface area contributed by atoms with Gasteiger partial charge in [-0.1, -0.05) is 24.3 Å². The third kappa shape index (κ3) is 3.13. The van der Waals surface area contributed by atoms with Crippen molar-refractivity contribution in [3.05, 3.63) is 24.3 Å². The van der Waals surface area contributed by atoms with Crippen LogP contribution in [-0.2, 0) is 9.36 Å². The maximum atomic E-state index is 11.7. The molecule has 0 heterocycles. The van der Waals surface area contributed by atoms with E-state index in [0.717, 1.165) is 0 Å². The Hall–Kier alpha value is -0.860. The number of rotatable bonds is 4. The van der Waals surface area contributed by atoms with E-state index < -0.39 is 19.0 Å². The quantitative estimate of drug-likeness (QED) is 0.700. The fourth-order valence-electron chi connectivity index (χ4n) is 1.29. The third-order valence-corrected chi connectivity index (χ3v) is 4.41. The second kappa shape index (κ2) is 4.58. The Morgan fingerprint density at radius 3 is 2.71 bits per heavy atom. The predicted octanol–water partition coefficient (Wildman–Crippen LogP) is 1.62. The molecule has 2 atom stereocenters. The summed E-state index contributed by atoms with van der Waals surface area (Å²) in [7, 11) is -3.34. The molecular formula is C9H13O4P. The van der Waals surface area contributed by atoms with Crippen molar-refractivity contribution >= 4 is 13.3 Å². The monoisotopic (exact) mass is 216 g/mol. The standard InChI is InChI=1S/C9H13O4P/c10-9(11)6-7-14(12,13)8-4-2-1-3-5-8/h1-4,8H,5-7H2,(H,10,11)(H,12,13). The molecule has 0 spiro atoms. The molecule has 0 saturated heterocycles. The van der Waals surface area contributed by atoms with Crippen molar-refractivity contribution in [3.8, 4) is 0 Å². The lowest BCUT2D eigenvalue weighted by atomic mass is 10.2. The molecule has 2 N–H and O–H groups in total. The summed E-state index contributed by atoms with van der Waals surface area (Å²) in [6.45, 7) is 0. The van der Waals surface area contributed by atoms with Crippen molar-refractivity contribution in [1.29, 1.82) is 0 Å². The van der Waals surface area contributed by atoms with E-state index in [1.54, 1.807) is 12.2 Å². The minimum absolute atomic E-state index is 0.148. The molecule has 0 aromatic heterocycles.